The Bertz CT molecular complexity index is 1150. The molecule has 0 amide bonds. The molecular formula is C22H18N2O2. The summed E-state index contributed by atoms with van der Waals surface area (Å²) in [5.41, 5.74) is 9.32. The van der Waals surface area contributed by atoms with Crippen LogP contribution in [-0.4, -0.2) is 11.7 Å². The normalized spacial score (nSPS) is 10.8. The summed E-state index contributed by atoms with van der Waals surface area (Å²) in [4.78, 5) is 12.9. The molecule has 0 spiro atoms. The van der Waals surface area contributed by atoms with Gasteiger partial charge in [-0.25, -0.2) is 0 Å². The van der Waals surface area contributed by atoms with Crippen LogP contribution in [0.1, 0.15) is 0 Å². The van der Waals surface area contributed by atoms with Gasteiger partial charge in [-0.3, -0.25) is 9.36 Å². The lowest BCUT2D eigenvalue weighted by molar-refractivity contribution is 0.417. The van der Waals surface area contributed by atoms with Crippen LogP contribution in [0, 0.1) is 0 Å². The van der Waals surface area contributed by atoms with E-state index < -0.39 is 0 Å². The van der Waals surface area contributed by atoms with Crippen LogP contribution in [0.2, 0.25) is 0 Å². The topological polar surface area (TPSA) is 57.2 Å². The van der Waals surface area contributed by atoms with Crippen molar-refractivity contribution in [2.75, 3.05) is 12.8 Å². The molecule has 1 aromatic heterocycles. The number of nitrogens with zero attached hydrogens (tertiary/aromatic N) is 1. The Kier molecular flexibility index (Phi) is 3.93. The highest BCUT2D eigenvalue weighted by Crippen LogP contribution is 2.25. The van der Waals surface area contributed by atoms with E-state index in [1.54, 1.807) is 30.0 Å². The van der Waals surface area contributed by atoms with E-state index in [2.05, 4.69) is 12.1 Å². The zero-order valence-electron chi connectivity index (χ0n) is 14.3. The highest BCUT2D eigenvalue weighted by Gasteiger charge is 2.08. The Balaban J connectivity index is 1.83. The first-order valence-corrected chi connectivity index (χ1v) is 8.32. The lowest BCUT2D eigenvalue weighted by Crippen LogP contribution is -2.17. The van der Waals surface area contributed by atoms with Gasteiger partial charge in [0.15, 0.2) is 0 Å². The van der Waals surface area contributed by atoms with Crippen molar-refractivity contribution in [3.05, 3.63) is 89.3 Å². The standard InChI is InChI=1S/C22H18N2O2/c1-26-21-10-8-18(14-20(21)23)24-12-11-17-13-16(7-9-19(17)22(24)25)15-5-3-2-4-6-15/h2-14H,23H2,1H3. The summed E-state index contributed by atoms with van der Waals surface area (Å²) in [7, 11) is 1.57. The molecule has 0 fully saturated rings. The monoisotopic (exact) mass is 342 g/mol. The van der Waals surface area contributed by atoms with Crippen LogP contribution in [0.4, 0.5) is 5.69 Å². The summed E-state index contributed by atoms with van der Waals surface area (Å²) in [5.74, 6) is 0.593. The Morgan fingerprint density at radius 1 is 0.885 bits per heavy atom. The minimum Gasteiger partial charge on any atom is -0.495 e. The molecular weight excluding hydrogens is 324 g/mol. The highest BCUT2D eigenvalue weighted by atomic mass is 16.5. The first kappa shape index (κ1) is 16.0. The Labute approximate surface area is 151 Å². The third kappa shape index (κ3) is 2.71. The Hall–Kier alpha value is -3.53. The van der Waals surface area contributed by atoms with E-state index in [4.69, 9.17) is 10.5 Å². The number of fused-ring (bicyclic) bond motifs is 1. The van der Waals surface area contributed by atoms with Crippen LogP contribution in [0.15, 0.2) is 83.8 Å². The molecule has 0 aliphatic heterocycles. The zero-order valence-corrected chi connectivity index (χ0v) is 14.3. The number of nitrogen functional groups attached to an aromatic ring is 1. The van der Waals surface area contributed by atoms with Crippen molar-refractivity contribution < 1.29 is 4.74 Å². The number of benzene rings is 3. The summed E-state index contributed by atoms with van der Waals surface area (Å²) in [5, 5.41) is 1.58. The fourth-order valence-electron chi connectivity index (χ4n) is 3.13. The molecule has 4 aromatic rings. The van der Waals surface area contributed by atoms with Crippen molar-refractivity contribution >= 4 is 16.5 Å². The predicted octanol–water partition coefficient (Wildman–Crippen LogP) is 4.25. The molecule has 0 unspecified atom stereocenters. The summed E-state index contributed by atoms with van der Waals surface area (Å²) in [6, 6.07) is 23.3. The van der Waals surface area contributed by atoms with Crippen molar-refractivity contribution in [1.82, 2.24) is 4.57 Å². The van der Waals surface area contributed by atoms with E-state index in [1.165, 1.54) is 0 Å². The van der Waals surface area contributed by atoms with Gasteiger partial charge in [-0.1, -0.05) is 36.4 Å². The van der Waals surface area contributed by atoms with Crippen LogP contribution < -0.4 is 16.0 Å². The molecule has 0 aliphatic rings. The van der Waals surface area contributed by atoms with Crippen LogP contribution in [0.5, 0.6) is 5.75 Å². The van der Waals surface area contributed by atoms with Crippen LogP contribution in [0.25, 0.3) is 27.6 Å². The van der Waals surface area contributed by atoms with Gasteiger partial charge in [0, 0.05) is 11.6 Å². The first-order valence-electron chi connectivity index (χ1n) is 8.32. The van der Waals surface area contributed by atoms with Gasteiger partial charge in [0.05, 0.1) is 18.5 Å². The number of anilines is 1. The summed E-state index contributed by atoms with van der Waals surface area (Å²) in [6.07, 6.45) is 1.78. The molecule has 0 radical (unpaired) electrons. The van der Waals surface area contributed by atoms with E-state index in [9.17, 15) is 4.79 Å². The van der Waals surface area contributed by atoms with E-state index in [0.29, 0.717) is 22.5 Å². The lowest BCUT2D eigenvalue weighted by atomic mass is 10.0. The molecule has 3 aromatic carbocycles. The maximum absolute atomic E-state index is 12.9. The predicted molar refractivity (Wildman–Crippen MR) is 106 cm³/mol. The fourth-order valence-corrected chi connectivity index (χ4v) is 3.13. The molecule has 128 valence electrons. The third-order valence-corrected chi connectivity index (χ3v) is 4.50. The van der Waals surface area contributed by atoms with E-state index in [0.717, 1.165) is 16.5 Å². The number of hydrogen-bond acceptors (Lipinski definition) is 3. The highest BCUT2D eigenvalue weighted by molar-refractivity contribution is 5.86. The number of ether oxygens (including phenoxy) is 1. The number of methoxy groups -OCH3 is 1. The number of rotatable bonds is 3. The number of hydrogen-bond donors (Lipinski definition) is 1. The first-order chi connectivity index (χ1) is 12.7. The van der Waals surface area contributed by atoms with Crippen molar-refractivity contribution in [3.63, 3.8) is 0 Å². The van der Waals surface area contributed by atoms with Gasteiger partial charge in [-0.2, -0.15) is 0 Å². The second kappa shape index (κ2) is 6.41. The molecule has 1 heterocycles. The summed E-state index contributed by atoms with van der Waals surface area (Å²) >= 11 is 0. The second-order valence-corrected chi connectivity index (χ2v) is 6.09. The summed E-state index contributed by atoms with van der Waals surface area (Å²) in [6.45, 7) is 0. The maximum atomic E-state index is 12.9. The molecule has 2 N–H and O–H groups in total. The third-order valence-electron chi connectivity index (χ3n) is 4.50. The van der Waals surface area contributed by atoms with Crippen LogP contribution in [-0.2, 0) is 0 Å². The molecule has 4 heteroatoms. The number of nitrogens with two attached hydrogens (primary N) is 1. The molecule has 0 bridgehead atoms. The zero-order chi connectivity index (χ0) is 18.1. The largest absolute Gasteiger partial charge is 0.495 e. The minimum atomic E-state index is -0.0771. The van der Waals surface area contributed by atoms with Crippen molar-refractivity contribution in [1.29, 1.82) is 0 Å². The molecule has 4 nitrogen and oxygen atoms in total. The quantitative estimate of drug-likeness (QED) is 0.566. The average Bonchev–Trinajstić information content (AvgIpc) is 2.68. The van der Waals surface area contributed by atoms with Gasteiger partial charge in [-0.05, 0) is 52.9 Å². The van der Waals surface area contributed by atoms with Gasteiger partial charge in [0.2, 0.25) is 0 Å². The fraction of sp³-hybridized carbons (Fsp3) is 0.0455. The number of aromatic nitrogens is 1. The molecule has 0 atom stereocenters. The number of pyridine rings is 1. The summed E-state index contributed by atoms with van der Waals surface area (Å²) < 4.78 is 6.78. The Morgan fingerprint density at radius 2 is 1.69 bits per heavy atom. The van der Waals surface area contributed by atoms with E-state index >= 15 is 0 Å². The van der Waals surface area contributed by atoms with Gasteiger partial charge in [0.1, 0.15) is 5.75 Å². The van der Waals surface area contributed by atoms with Crippen LogP contribution in [0.3, 0.4) is 0 Å². The SMILES string of the molecule is COc1ccc(-n2ccc3cc(-c4ccccc4)ccc3c2=O)cc1N. The van der Waals surface area contributed by atoms with Gasteiger partial charge < -0.3 is 10.5 Å². The molecule has 26 heavy (non-hydrogen) atoms. The molecule has 4 rings (SSSR count). The second-order valence-electron chi connectivity index (χ2n) is 6.09. The molecule has 0 saturated carbocycles. The average molecular weight is 342 g/mol. The van der Waals surface area contributed by atoms with E-state index in [1.807, 2.05) is 48.5 Å². The smallest absolute Gasteiger partial charge is 0.262 e. The van der Waals surface area contributed by atoms with Crippen molar-refractivity contribution in [3.8, 4) is 22.6 Å². The van der Waals surface area contributed by atoms with Gasteiger partial charge in [0.25, 0.3) is 5.56 Å². The lowest BCUT2D eigenvalue weighted by Gasteiger charge is -2.11. The minimum absolute atomic E-state index is 0.0771. The molecule has 0 aliphatic carbocycles. The van der Waals surface area contributed by atoms with Gasteiger partial charge >= 0.3 is 0 Å². The van der Waals surface area contributed by atoms with E-state index in [-0.39, 0.29) is 5.56 Å². The maximum Gasteiger partial charge on any atom is 0.262 e. The van der Waals surface area contributed by atoms with Crippen molar-refractivity contribution in [2.24, 2.45) is 0 Å². The molecule has 0 saturated heterocycles. The van der Waals surface area contributed by atoms with Crippen molar-refractivity contribution in [2.45, 2.75) is 0 Å². The van der Waals surface area contributed by atoms with Gasteiger partial charge in [-0.15, -0.1) is 0 Å². The van der Waals surface area contributed by atoms with Crippen LogP contribution >= 0.6 is 0 Å². The Morgan fingerprint density at radius 3 is 2.42 bits per heavy atom.